The summed E-state index contributed by atoms with van der Waals surface area (Å²) in [7, 11) is 0. The van der Waals surface area contributed by atoms with E-state index in [1.54, 1.807) is 0 Å². The number of hydrogen-bond acceptors (Lipinski definition) is 3. The molecule has 0 aromatic heterocycles. The second-order valence-electron chi connectivity index (χ2n) is 5.91. The van der Waals surface area contributed by atoms with Crippen molar-refractivity contribution >= 4 is 21.5 Å². The second-order valence-corrected chi connectivity index (χ2v) is 5.91. The van der Waals surface area contributed by atoms with Crippen LogP contribution in [0.5, 0.6) is 0 Å². The van der Waals surface area contributed by atoms with Crippen LogP contribution in [0.2, 0.25) is 0 Å². The topological polar surface area (TPSA) is 53.0 Å². The fourth-order valence-corrected chi connectivity index (χ4v) is 3.68. The molecule has 0 unspecified atom stereocenters. The minimum atomic E-state index is -0.861. The van der Waals surface area contributed by atoms with Crippen molar-refractivity contribution in [1.82, 2.24) is 0 Å². The predicted octanol–water partition coefficient (Wildman–Crippen LogP) is 2.84. The zero-order chi connectivity index (χ0) is 14.1. The maximum atomic E-state index is 10.3. The van der Waals surface area contributed by atoms with Crippen molar-refractivity contribution in [1.29, 1.82) is 0 Å². The number of epoxide rings is 1. The van der Waals surface area contributed by atoms with Crippen molar-refractivity contribution in [3.05, 3.63) is 59.7 Å². The van der Waals surface area contributed by atoms with Crippen LogP contribution in [0.3, 0.4) is 0 Å². The minimum Gasteiger partial charge on any atom is -0.387 e. The molecule has 1 fully saturated rings. The molecule has 0 saturated carbocycles. The first kappa shape index (κ1) is 11.7. The molecule has 4 atom stereocenters. The lowest BCUT2D eigenvalue weighted by Gasteiger charge is -2.24. The molecule has 1 aliphatic carbocycles. The van der Waals surface area contributed by atoms with E-state index in [1.807, 2.05) is 24.3 Å². The van der Waals surface area contributed by atoms with Gasteiger partial charge in [0.05, 0.1) is 0 Å². The van der Waals surface area contributed by atoms with Crippen LogP contribution < -0.4 is 0 Å². The van der Waals surface area contributed by atoms with Gasteiger partial charge in [0.2, 0.25) is 0 Å². The summed E-state index contributed by atoms with van der Waals surface area (Å²) in [5.74, 6) is 0. The number of aliphatic hydroxyl groups is 2. The van der Waals surface area contributed by atoms with Gasteiger partial charge in [0.25, 0.3) is 0 Å². The summed E-state index contributed by atoms with van der Waals surface area (Å²) in [5, 5.41) is 25.0. The third-order valence-corrected chi connectivity index (χ3v) is 4.79. The third-order valence-electron chi connectivity index (χ3n) is 4.79. The van der Waals surface area contributed by atoms with Crippen LogP contribution in [0, 0.1) is 0 Å². The molecule has 0 spiro atoms. The first-order valence-electron chi connectivity index (χ1n) is 7.21. The SMILES string of the molecule is O[C@H]1[C@@H]2O[C@@H]2c2c(ccc3c2ccc2ccccc23)[C@@H]1O. The lowest BCUT2D eigenvalue weighted by atomic mass is 9.83. The molecule has 0 bridgehead atoms. The molecular formula is C18H14O3. The Morgan fingerprint density at radius 1 is 0.810 bits per heavy atom. The summed E-state index contributed by atoms with van der Waals surface area (Å²) < 4.78 is 5.60. The van der Waals surface area contributed by atoms with Crippen molar-refractivity contribution in [3.8, 4) is 0 Å². The van der Waals surface area contributed by atoms with Crippen LogP contribution >= 0.6 is 0 Å². The van der Waals surface area contributed by atoms with Crippen molar-refractivity contribution in [2.75, 3.05) is 0 Å². The highest BCUT2D eigenvalue weighted by Gasteiger charge is 2.54. The smallest absolute Gasteiger partial charge is 0.118 e. The Kier molecular flexibility index (Phi) is 2.13. The van der Waals surface area contributed by atoms with Gasteiger partial charge in [-0.15, -0.1) is 0 Å². The number of fused-ring (bicyclic) bond motifs is 7. The average molecular weight is 278 g/mol. The number of ether oxygens (including phenoxy) is 1. The standard InChI is InChI=1S/C18H14O3/c19-15-13-8-7-11-10-4-2-1-3-9(10)5-6-12(11)14(13)17-18(21-17)16(15)20/h1-8,15-20H/t15-,16+,17+,18-/m0/s1. The Bertz CT molecular complexity index is 886. The number of aliphatic hydroxyl groups excluding tert-OH is 2. The maximum Gasteiger partial charge on any atom is 0.118 e. The molecule has 1 aliphatic heterocycles. The average Bonchev–Trinajstić information content (AvgIpc) is 3.32. The summed E-state index contributed by atoms with van der Waals surface area (Å²) in [5.41, 5.74) is 1.84. The predicted molar refractivity (Wildman–Crippen MR) is 80.0 cm³/mol. The Hall–Kier alpha value is -1.94. The van der Waals surface area contributed by atoms with Gasteiger partial charge in [-0.05, 0) is 32.7 Å². The van der Waals surface area contributed by atoms with Gasteiger partial charge < -0.3 is 14.9 Å². The molecule has 2 aliphatic rings. The van der Waals surface area contributed by atoms with E-state index in [9.17, 15) is 10.2 Å². The van der Waals surface area contributed by atoms with E-state index in [2.05, 4.69) is 24.3 Å². The summed E-state index contributed by atoms with van der Waals surface area (Å²) in [6.45, 7) is 0. The molecule has 21 heavy (non-hydrogen) atoms. The van der Waals surface area contributed by atoms with E-state index >= 15 is 0 Å². The highest BCUT2D eigenvalue weighted by molar-refractivity contribution is 6.09. The Morgan fingerprint density at radius 2 is 1.62 bits per heavy atom. The highest BCUT2D eigenvalue weighted by atomic mass is 16.6. The molecule has 3 heteroatoms. The molecular weight excluding hydrogens is 264 g/mol. The fraction of sp³-hybridized carbons (Fsp3) is 0.222. The fourth-order valence-electron chi connectivity index (χ4n) is 3.68. The number of benzene rings is 3. The molecule has 1 heterocycles. The van der Waals surface area contributed by atoms with Crippen LogP contribution in [-0.4, -0.2) is 22.4 Å². The molecule has 0 amide bonds. The molecule has 3 aromatic carbocycles. The molecule has 1 saturated heterocycles. The van der Waals surface area contributed by atoms with Crippen molar-refractivity contribution in [3.63, 3.8) is 0 Å². The Morgan fingerprint density at radius 3 is 2.52 bits per heavy atom. The van der Waals surface area contributed by atoms with E-state index in [4.69, 9.17) is 4.74 Å². The van der Waals surface area contributed by atoms with Crippen LogP contribution in [0.4, 0.5) is 0 Å². The van der Waals surface area contributed by atoms with Crippen LogP contribution in [0.25, 0.3) is 21.5 Å². The minimum absolute atomic E-state index is 0.0803. The van der Waals surface area contributed by atoms with E-state index in [0.29, 0.717) is 0 Å². The zero-order valence-electron chi connectivity index (χ0n) is 11.2. The largest absolute Gasteiger partial charge is 0.387 e. The summed E-state index contributed by atoms with van der Waals surface area (Å²) in [6, 6.07) is 16.5. The Labute approximate surface area is 121 Å². The van der Waals surface area contributed by atoms with Gasteiger partial charge in [-0.25, -0.2) is 0 Å². The normalized spacial score (nSPS) is 30.2. The molecule has 3 nitrogen and oxygen atoms in total. The number of rotatable bonds is 0. The van der Waals surface area contributed by atoms with Gasteiger partial charge in [-0.1, -0.05) is 48.5 Å². The maximum absolute atomic E-state index is 10.3. The van der Waals surface area contributed by atoms with Crippen molar-refractivity contribution < 1.29 is 14.9 Å². The van der Waals surface area contributed by atoms with Gasteiger partial charge in [-0.3, -0.25) is 0 Å². The second kappa shape index (κ2) is 3.83. The third kappa shape index (κ3) is 1.43. The van der Waals surface area contributed by atoms with Crippen molar-refractivity contribution in [2.45, 2.75) is 24.4 Å². The van der Waals surface area contributed by atoms with E-state index in [-0.39, 0.29) is 12.2 Å². The van der Waals surface area contributed by atoms with Gasteiger partial charge in [0, 0.05) is 0 Å². The van der Waals surface area contributed by atoms with Gasteiger partial charge >= 0.3 is 0 Å². The van der Waals surface area contributed by atoms with Gasteiger partial charge in [0.15, 0.2) is 0 Å². The highest BCUT2D eigenvalue weighted by Crippen LogP contribution is 2.53. The molecule has 2 N–H and O–H groups in total. The van der Waals surface area contributed by atoms with Crippen molar-refractivity contribution in [2.24, 2.45) is 0 Å². The van der Waals surface area contributed by atoms with Gasteiger partial charge in [-0.2, -0.15) is 0 Å². The quantitative estimate of drug-likeness (QED) is 0.491. The van der Waals surface area contributed by atoms with E-state index in [0.717, 1.165) is 16.5 Å². The van der Waals surface area contributed by atoms with E-state index < -0.39 is 12.2 Å². The van der Waals surface area contributed by atoms with Crippen LogP contribution in [0.15, 0.2) is 48.5 Å². The van der Waals surface area contributed by atoms with Crippen LogP contribution in [0.1, 0.15) is 23.3 Å². The lowest BCUT2D eigenvalue weighted by molar-refractivity contribution is 0.000106. The molecule has 0 radical (unpaired) electrons. The van der Waals surface area contributed by atoms with Gasteiger partial charge in [0.1, 0.15) is 24.4 Å². The summed E-state index contributed by atoms with van der Waals surface area (Å²) in [4.78, 5) is 0. The molecule has 3 aromatic rings. The summed E-state index contributed by atoms with van der Waals surface area (Å²) >= 11 is 0. The monoisotopic (exact) mass is 278 g/mol. The molecule has 104 valence electrons. The molecule has 5 rings (SSSR count). The zero-order valence-corrected chi connectivity index (χ0v) is 11.2. The first-order valence-corrected chi connectivity index (χ1v) is 7.21. The summed E-state index contributed by atoms with van der Waals surface area (Å²) in [6.07, 6.45) is -2.02. The Balaban J connectivity index is 1.89. The number of hydrogen-bond donors (Lipinski definition) is 2. The van der Waals surface area contributed by atoms with Crippen LogP contribution in [-0.2, 0) is 4.74 Å². The first-order chi connectivity index (χ1) is 10.3. The van der Waals surface area contributed by atoms with E-state index in [1.165, 1.54) is 16.2 Å². The lowest BCUT2D eigenvalue weighted by Crippen LogP contribution is -2.29.